The van der Waals surface area contributed by atoms with Crippen LogP contribution in [-0.2, 0) is 37.7 Å². The number of ether oxygens (including phenoxy) is 2. The van der Waals surface area contributed by atoms with E-state index in [0.29, 0.717) is 13.0 Å². The summed E-state index contributed by atoms with van der Waals surface area (Å²) in [6.45, 7) is 2.90. The second kappa shape index (κ2) is 8.34. The van der Waals surface area contributed by atoms with E-state index < -0.39 is 5.54 Å². The lowest BCUT2D eigenvalue weighted by Crippen LogP contribution is -2.66. The van der Waals surface area contributed by atoms with E-state index in [1.54, 1.807) is 4.68 Å². The maximum atomic E-state index is 12.1. The molecule has 4 rings (SSSR count). The second-order valence-electron chi connectivity index (χ2n) is 7.61. The maximum Gasteiger partial charge on any atom is 0.307 e. The van der Waals surface area contributed by atoms with Crippen molar-refractivity contribution < 1.29 is 19.1 Å². The third-order valence-electron chi connectivity index (χ3n) is 5.73. The largest absolute Gasteiger partial charge is 0.469 e. The van der Waals surface area contributed by atoms with E-state index in [1.165, 1.54) is 7.11 Å². The van der Waals surface area contributed by atoms with Crippen LogP contribution >= 0.6 is 0 Å². The van der Waals surface area contributed by atoms with Gasteiger partial charge in [-0.2, -0.15) is 5.10 Å². The number of hydrogen-bond donors (Lipinski definition) is 1. The monoisotopic (exact) mass is 398 g/mol. The summed E-state index contributed by atoms with van der Waals surface area (Å²) in [5.74, 6) is -0.308. The Morgan fingerprint density at radius 2 is 2.21 bits per heavy atom. The summed E-state index contributed by atoms with van der Waals surface area (Å²) in [5, 5.41) is 7.55. The highest BCUT2D eigenvalue weighted by molar-refractivity contribution is 5.79. The zero-order valence-electron chi connectivity index (χ0n) is 16.5. The highest BCUT2D eigenvalue weighted by Gasteiger charge is 2.48. The minimum atomic E-state index is -0.474. The summed E-state index contributed by atoms with van der Waals surface area (Å²) in [6.07, 6.45) is 4.77. The predicted octanol–water partition coefficient (Wildman–Crippen LogP) is 1.06. The molecule has 0 spiro atoms. The fraction of sp³-hybridized carbons (Fsp3) is 0.476. The van der Waals surface area contributed by atoms with Gasteiger partial charge in [-0.1, -0.05) is 30.3 Å². The van der Waals surface area contributed by atoms with Crippen molar-refractivity contribution in [1.29, 1.82) is 0 Å². The van der Waals surface area contributed by atoms with Crippen molar-refractivity contribution in [3.8, 4) is 0 Å². The molecule has 29 heavy (non-hydrogen) atoms. The summed E-state index contributed by atoms with van der Waals surface area (Å²) >= 11 is 0. The molecule has 2 saturated heterocycles. The number of amides is 1. The molecule has 0 aliphatic carbocycles. The summed E-state index contributed by atoms with van der Waals surface area (Å²) in [7, 11) is 1.39. The third kappa shape index (κ3) is 4.18. The first-order chi connectivity index (χ1) is 14.1. The van der Waals surface area contributed by atoms with Gasteiger partial charge in [-0.05, 0) is 12.0 Å². The van der Waals surface area contributed by atoms with Gasteiger partial charge in [0.2, 0.25) is 5.91 Å². The lowest BCUT2D eigenvalue weighted by Gasteiger charge is -2.50. The molecule has 1 aromatic heterocycles. The van der Waals surface area contributed by atoms with E-state index in [2.05, 4.69) is 32.2 Å². The van der Waals surface area contributed by atoms with Crippen LogP contribution in [0.25, 0.3) is 0 Å². The number of carbonyl (C=O) groups is 2. The first-order valence-electron chi connectivity index (χ1n) is 9.88. The fourth-order valence-corrected chi connectivity index (χ4v) is 4.23. The van der Waals surface area contributed by atoms with E-state index in [4.69, 9.17) is 4.74 Å². The molecule has 0 bridgehead atoms. The Morgan fingerprint density at radius 1 is 1.38 bits per heavy atom. The van der Waals surface area contributed by atoms with E-state index >= 15 is 0 Å². The Morgan fingerprint density at radius 3 is 3.00 bits per heavy atom. The van der Waals surface area contributed by atoms with E-state index in [-0.39, 0.29) is 24.6 Å². The van der Waals surface area contributed by atoms with Crippen LogP contribution in [-0.4, -0.2) is 59.5 Å². The molecule has 2 aromatic rings. The molecule has 3 heterocycles. The number of benzene rings is 1. The summed E-state index contributed by atoms with van der Waals surface area (Å²) in [5.41, 5.74) is 1.70. The van der Waals surface area contributed by atoms with Crippen LogP contribution in [0.15, 0.2) is 42.7 Å². The van der Waals surface area contributed by atoms with Gasteiger partial charge >= 0.3 is 5.97 Å². The van der Waals surface area contributed by atoms with Gasteiger partial charge < -0.3 is 14.8 Å². The fourth-order valence-electron chi connectivity index (χ4n) is 4.23. The Hall–Kier alpha value is -2.71. The number of nitrogens with one attached hydrogen (secondary N) is 1. The number of piperidine rings is 1. The third-order valence-corrected chi connectivity index (χ3v) is 5.73. The lowest BCUT2D eigenvalue weighted by molar-refractivity contribution is -0.152. The SMILES string of the molecule is COC(=O)CCn1cc(CN2CC[C@@]3(c4ccccc4)NC(=O)CO[C@@H]3C2)cn1. The number of morpholine rings is 1. The number of fused-ring (bicyclic) bond motifs is 1. The summed E-state index contributed by atoms with van der Waals surface area (Å²) in [6, 6.07) is 10.1. The molecule has 0 unspecified atom stereocenters. The second-order valence-corrected chi connectivity index (χ2v) is 7.61. The molecule has 2 aliphatic rings. The molecule has 2 aliphatic heterocycles. The number of aromatic nitrogens is 2. The van der Waals surface area contributed by atoms with Crippen molar-refractivity contribution in [2.45, 2.75) is 37.6 Å². The minimum Gasteiger partial charge on any atom is -0.469 e. The summed E-state index contributed by atoms with van der Waals surface area (Å²) < 4.78 is 12.4. The van der Waals surface area contributed by atoms with Crippen LogP contribution < -0.4 is 5.32 Å². The molecular weight excluding hydrogens is 372 g/mol. The van der Waals surface area contributed by atoms with E-state index in [1.807, 2.05) is 30.6 Å². The van der Waals surface area contributed by atoms with Gasteiger partial charge in [0, 0.05) is 31.4 Å². The van der Waals surface area contributed by atoms with Crippen molar-refractivity contribution in [3.63, 3.8) is 0 Å². The van der Waals surface area contributed by atoms with Crippen molar-refractivity contribution in [2.75, 3.05) is 26.8 Å². The van der Waals surface area contributed by atoms with Gasteiger partial charge in [-0.25, -0.2) is 0 Å². The smallest absolute Gasteiger partial charge is 0.307 e. The predicted molar refractivity (Wildman–Crippen MR) is 105 cm³/mol. The van der Waals surface area contributed by atoms with Gasteiger partial charge in [-0.3, -0.25) is 19.2 Å². The normalized spacial score (nSPS) is 24.6. The number of carbonyl (C=O) groups excluding carboxylic acids is 2. The van der Waals surface area contributed by atoms with Crippen LogP contribution in [0.5, 0.6) is 0 Å². The minimum absolute atomic E-state index is 0.0644. The topological polar surface area (TPSA) is 85.7 Å². The average molecular weight is 398 g/mol. The quantitative estimate of drug-likeness (QED) is 0.733. The Labute approximate surface area is 169 Å². The van der Waals surface area contributed by atoms with Gasteiger partial charge in [0.1, 0.15) is 6.61 Å². The van der Waals surface area contributed by atoms with Gasteiger partial charge in [0.05, 0.1) is 37.9 Å². The van der Waals surface area contributed by atoms with Crippen molar-refractivity contribution in [1.82, 2.24) is 20.0 Å². The average Bonchev–Trinajstić information content (AvgIpc) is 3.20. The van der Waals surface area contributed by atoms with Gasteiger partial charge in [0.25, 0.3) is 0 Å². The molecule has 0 saturated carbocycles. The summed E-state index contributed by atoms with van der Waals surface area (Å²) in [4.78, 5) is 25.7. The van der Waals surface area contributed by atoms with Crippen LogP contribution in [0.4, 0.5) is 0 Å². The zero-order chi connectivity index (χ0) is 20.3. The molecule has 8 nitrogen and oxygen atoms in total. The molecule has 8 heteroatoms. The van der Waals surface area contributed by atoms with Crippen molar-refractivity contribution in [2.24, 2.45) is 0 Å². The number of esters is 1. The van der Waals surface area contributed by atoms with E-state index in [9.17, 15) is 9.59 Å². The van der Waals surface area contributed by atoms with Crippen molar-refractivity contribution >= 4 is 11.9 Å². The van der Waals surface area contributed by atoms with Crippen LogP contribution in [0.1, 0.15) is 24.0 Å². The Balaban J connectivity index is 1.42. The van der Waals surface area contributed by atoms with Crippen LogP contribution in [0, 0.1) is 0 Å². The molecule has 2 atom stereocenters. The maximum absolute atomic E-state index is 12.1. The van der Waals surface area contributed by atoms with E-state index in [0.717, 1.165) is 37.2 Å². The molecule has 1 N–H and O–H groups in total. The zero-order valence-corrected chi connectivity index (χ0v) is 16.5. The molecule has 1 amide bonds. The highest BCUT2D eigenvalue weighted by Crippen LogP contribution is 2.37. The van der Waals surface area contributed by atoms with Gasteiger partial charge in [-0.15, -0.1) is 0 Å². The molecular formula is C21H26N4O4. The van der Waals surface area contributed by atoms with Crippen LogP contribution in [0.2, 0.25) is 0 Å². The lowest BCUT2D eigenvalue weighted by atomic mass is 9.77. The number of methoxy groups -OCH3 is 1. The number of hydrogen-bond acceptors (Lipinski definition) is 6. The number of rotatable bonds is 6. The molecule has 154 valence electrons. The first kappa shape index (κ1) is 19.6. The molecule has 2 fully saturated rings. The number of aryl methyl sites for hydroxylation is 1. The van der Waals surface area contributed by atoms with Crippen LogP contribution in [0.3, 0.4) is 0 Å². The van der Waals surface area contributed by atoms with Crippen molar-refractivity contribution in [3.05, 3.63) is 53.9 Å². The highest BCUT2D eigenvalue weighted by atomic mass is 16.5. The molecule has 0 radical (unpaired) electrons. The Bertz CT molecular complexity index is 869. The standard InChI is InChI=1S/C21H26N4O4/c1-28-20(27)7-9-25-13-16(11-22-25)12-24-10-8-21(17-5-3-2-4-6-17)18(14-24)29-15-19(26)23-21/h2-6,11,13,18H,7-10,12,14-15H2,1H3,(H,23,26)/t18-,21+/m1/s1. The Kier molecular flexibility index (Phi) is 5.64. The first-order valence-corrected chi connectivity index (χ1v) is 9.88. The van der Waals surface area contributed by atoms with Gasteiger partial charge in [0.15, 0.2) is 0 Å². The molecule has 1 aromatic carbocycles. The number of likely N-dealkylation sites (tertiary alicyclic amines) is 1. The number of nitrogens with zero attached hydrogens (tertiary/aromatic N) is 3.